The number of hydrogen-bond acceptors (Lipinski definition) is 7. The molecule has 1 fully saturated rings. The van der Waals surface area contributed by atoms with Crippen molar-refractivity contribution in [3.8, 4) is 0 Å². The fourth-order valence-electron chi connectivity index (χ4n) is 4.58. The molecule has 3 heterocycles. The first kappa shape index (κ1) is 28.2. The third-order valence-electron chi connectivity index (χ3n) is 6.42. The number of aromatic nitrogens is 3. The monoisotopic (exact) mass is 551 g/mol. The summed E-state index contributed by atoms with van der Waals surface area (Å²) in [6.07, 6.45) is 3.51. The Kier molecular flexibility index (Phi) is 9.26. The van der Waals surface area contributed by atoms with Gasteiger partial charge >= 0.3 is 0 Å². The van der Waals surface area contributed by atoms with E-state index in [1.807, 2.05) is 32.0 Å². The highest BCUT2D eigenvalue weighted by Crippen LogP contribution is 2.26. The Bertz CT molecular complexity index is 1460. The smallest absolute Gasteiger partial charge is 0.255 e. The molecular weight excluding hydrogens is 520 g/mol. The minimum Gasteiger partial charge on any atom is -0.387 e. The number of likely N-dealkylation sites (tertiary alicyclic amines) is 1. The van der Waals surface area contributed by atoms with Gasteiger partial charge in [-0.3, -0.25) is 15.1 Å². The van der Waals surface area contributed by atoms with Crippen molar-refractivity contribution in [2.24, 2.45) is 0 Å². The molecule has 1 aliphatic rings. The summed E-state index contributed by atoms with van der Waals surface area (Å²) in [6.45, 7) is 6.37. The van der Waals surface area contributed by atoms with Crippen molar-refractivity contribution in [2.45, 2.75) is 32.9 Å². The summed E-state index contributed by atoms with van der Waals surface area (Å²) in [5, 5.41) is 14.5. The summed E-state index contributed by atoms with van der Waals surface area (Å²) < 4.78 is 28.4. The van der Waals surface area contributed by atoms with Crippen molar-refractivity contribution in [1.82, 2.24) is 24.2 Å². The Morgan fingerprint density at radius 2 is 1.95 bits per heavy atom. The van der Waals surface area contributed by atoms with Crippen LogP contribution in [0.15, 0.2) is 60.9 Å². The van der Waals surface area contributed by atoms with Crippen LogP contribution in [0.1, 0.15) is 47.4 Å². The van der Waals surface area contributed by atoms with Gasteiger partial charge in [-0.2, -0.15) is 0 Å². The topological polar surface area (TPSA) is 98.9 Å². The zero-order valence-corrected chi connectivity index (χ0v) is 22.9. The summed E-state index contributed by atoms with van der Waals surface area (Å²) >= 11 is -0.0802. The lowest BCUT2D eigenvalue weighted by atomic mass is 10.1. The molecule has 1 amide bonds. The van der Waals surface area contributed by atoms with Crippen molar-refractivity contribution in [3.05, 3.63) is 89.1 Å². The van der Waals surface area contributed by atoms with Gasteiger partial charge in [0.2, 0.25) is 0 Å². The zero-order chi connectivity index (χ0) is 27.9. The minimum absolute atomic E-state index is 0.00175. The summed E-state index contributed by atoms with van der Waals surface area (Å²) in [5.41, 5.74) is 2.79. The molecule has 4 aromatic rings. The van der Waals surface area contributed by atoms with Crippen LogP contribution >= 0.6 is 12.3 Å². The average molecular weight is 552 g/mol. The standard InChI is InChI=1S/C26H25F2N7OS.C2H6/c1-30-21-11-17(27)7-8-19(21)23(29)22-12-31-25-24(33-22)20(15-35(25)37-28)26(36)32-18-9-10-34(14-18)13-16-5-3-2-4-6-16;1-2/h2-8,11-12,15,18,29-30H,9-10,13-14H2,1H3,(H,32,36);1-2H3. The fourth-order valence-corrected chi connectivity index (χ4v) is 4.93. The van der Waals surface area contributed by atoms with Gasteiger partial charge in [-0.25, -0.2) is 18.3 Å². The number of nitrogens with one attached hydrogen (secondary N) is 3. The molecule has 204 valence electrons. The highest BCUT2D eigenvalue weighted by atomic mass is 32.2. The van der Waals surface area contributed by atoms with Gasteiger partial charge in [0.05, 0.1) is 17.5 Å². The molecule has 2 aromatic carbocycles. The third-order valence-corrected chi connectivity index (χ3v) is 6.84. The summed E-state index contributed by atoms with van der Waals surface area (Å²) in [7, 11) is 1.63. The van der Waals surface area contributed by atoms with Gasteiger partial charge in [-0.05, 0) is 30.2 Å². The van der Waals surface area contributed by atoms with E-state index in [-0.39, 0.29) is 52.4 Å². The van der Waals surface area contributed by atoms with Gasteiger partial charge in [-0.15, -0.1) is 3.89 Å². The second-order valence-electron chi connectivity index (χ2n) is 8.86. The Morgan fingerprint density at radius 3 is 2.67 bits per heavy atom. The van der Waals surface area contributed by atoms with Crippen LogP contribution in [0.2, 0.25) is 0 Å². The lowest BCUT2D eigenvalue weighted by Crippen LogP contribution is -2.37. The van der Waals surface area contributed by atoms with Gasteiger partial charge in [0.15, 0.2) is 18.0 Å². The van der Waals surface area contributed by atoms with E-state index < -0.39 is 5.82 Å². The molecule has 0 aliphatic carbocycles. The SMILES string of the molecule is CC.CNc1cc(F)ccc1C(=N)c1cnc2c(n1)c(C(=O)NC1CCN(Cc3ccccc3)C1)cn2SF. The van der Waals surface area contributed by atoms with Gasteiger partial charge in [0.25, 0.3) is 5.91 Å². The molecule has 11 heteroatoms. The number of carbonyl (C=O) groups excluding carboxylic acids is 1. The van der Waals surface area contributed by atoms with Crippen LogP contribution in [0.5, 0.6) is 0 Å². The van der Waals surface area contributed by atoms with Crippen LogP contribution in [0.3, 0.4) is 0 Å². The molecule has 5 rings (SSSR count). The number of nitrogens with zero attached hydrogens (tertiary/aromatic N) is 4. The van der Waals surface area contributed by atoms with Gasteiger partial charge in [0.1, 0.15) is 17.0 Å². The molecule has 8 nitrogen and oxygen atoms in total. The van der Waals surface area contributed by atoms with E-state index in [9.17, 15) is 13.1 Å². The molecule has 1 atom stereocenters. The predicted octanol–water partition coefficient (Wildman–Crippen LogP) is 5.44. The number of amides is 1. The largest absolute Gasteiger partial charge is 0.387 e. The van der Waals surface area contributed by atoms with Crippen molar-refractivity contribution in [1.29, 1.82) is 5.41 Å². The van der Waals surface area contributed by atoms with E-state index in [2.05, 4.69) is 37.6 Å². The van der Waals surface area contributed by atoms with Gasteiger partial charge in [0, 0.05) is 50.2 Å². The number of halogens is 2. The maximum Gasteiger partial charge on any atom is 0.255 e. The molecule has 2 aromatic heterocycles. The van der Waals surface area contributed by atoms with E-state index in [1.54, 1.807) is 7.05 Å². The summed E-state index contributed by atoms with van der Waals surface area (Å²) in [5.74, 6) is -0.812. The normalized spacial score (nSPS) is 15.1. The Morgan fingerprint density at radius 1 is 1.18 bits per heavy atom. The summed E-state index contributed by atoms with van der Waals surface area (Å²) in [6, 6.07) is 14.1. The molecule has 1 unspecified atom stereocenters. The summed E-state index contributed by atoms with van der Waals surface area (Å²) in [4.78, 5) is 24.3. The highest BCUT2D eigenvalue weighted by Gasteiger charge is 2.27. The Hall–Kier alpha value is -3.83. The second-order valence-corrected chi connectivity index (χ2v) is 9.39. The number of benzene rings is 2. The van der Waals surface area contributed by atoms with E-state index in [1.165, 1.54) is 36.2 Å². The predicted molar refractivity (Wildman–Crippen MR) is 152 cm³/mol. The molecule has 0 saturated carbocycles. The third kappa shape index (κ3) is 6.26. The van der Waals surface area contributed by atoms with Crippen LogP contribution < -0.4 is 10.6 Å². The second kappa shape index (κ2) is 12.8. The highest BCUT2D eigenvalue weighted by molar-refractivity contribution is 7.92. The van der Waals surface area contributed by atoms with E-state index in [0.29, 0.717) is 17.8 Å². The number of fused-ring (bicyclic) bond motifs is 1. The number of anilines is 1. The number of hydrogen-bond donors (Lipinski definition) is 3. The van der Waals surface area contributed by atoms with Crippen LogP contribution in [0, 0.1) is 11.2 Å². The van der Waals surface area contributed by atoms with Crippen molar-refractivity contribution < 1.29 is 13.1 Å². The molecule has 1 saturated heterocycles. The quantitative estimate of drug-likeness (QED) is 0.252. The Balaban J connectivity index is 0.00000172. The van der Waals surface area contributed by atoms with Crippen LogP contribution in [0.25, 0.3) is 11.2 Å². The van der Waals surface area contributed by atoms with Crippen LogP contribution in [0.4, 0.5) is 14.0 Å². The first-order valence-corrected chi connectivity index (χ1v) is 13.4. The molecule has 0 radical (unpaired) electrons. The molecule has 0 bridgehead atoms. The van der Waals surface area contributed by atoms with Crippen LogP contribution in [-0.4, -0.2) is 56.6 Å². The van der Waals surface area contributed by atoms with Crippen molar-refractivity contribution in [2.75, 3.05) is 25.5 Å². The van der Waals surface area contributed by atoms with Gasteiger partial charge < -0.3 is 10.6 Å². The number of carbonyl (C=O) groups is 1. The van der Waals surface area contributed by atoms with Crippen molar-refractivity contribution >= 4 is 40.8 Å². The molecule has 3 N–H and O–H groups in total. The lowest BCUT2D eigenvalue weighted by Gasteiger charge is -2.16. The first-order chi connectivity index (χ1) is 19.0. The Labute approximate surface area is 230 Å². The van der Waals surface area contributed by atoms with Gasteiger partial charge in [-0.1, -0.05) is 44.2 Å². The molecule has 39 heavy (non-hydrogen) atoms. The van der Waals surface area contributed by atoms with Crippen molar-refractivity contribution in [3.63, 3.8) is 0 Å². The van der Waals surface area contributed by atoms with Crippen LogP contribution in [-0.2, 0) is 6.54 Å². The number of rotatable bonds is 8. The zero-order valence-electron chi connectivity index (χ0n) is 22.0. The fraction of sp³-hybridized carbons (Fsp3) is 0.286. The lowest BCUT2D eigenvalue weighted by molar-refractivity contribution is 0.0939. The maximum atomic E-state index is 13.7. The molecule has 1 aliphatic heterocycles. The first-order valence-electron chi connectivity index (χ1n) is 12.8. The van der Waals surface area contributed by atoms with E-state index >= 15 is 0 Å². The maximum absolute atomic E-state index is 13.7. The average Bonchev–Trinajstić information content (AvgIpc) is 3.57. The molecular formula is C28H31F2N7OS. The molecule has 0 spiro atoms. The van der Waals surface area contributed by atoms with E-state index in [0.717, 1.165) is 23.5 Å². The minimum atomic E-state index is -0.437. The van der Waals surface area contributed by atoms with E-state index in [4.69, 9.17) is 5.41 Å².